The number of phenolic OH excluding ortho intramolecular Hbond substituents is 3. The molecule has 1 aromatic carbocycles. The second-order valence-corrected chi connectivity index (χ2v) is 2.97. The minimum Gasteiger partial charge on any atom is -0.508 e. The number of benzene rings is 1. The fourth-order valence-corrected chi connectivity index (χ4v) is 1.27. The molecular weight excluding hydrogens is 200 g/mol. The van der Waals surface area contributed by atoms with E-state index in [-0.39, 0.29) is 34.4 Å². The monoisotopic (exact) mass is 208 g/mol. The van der Waals surface area contributed by atoms with Gasteiger partial charge in [-0.05, 0) is 0 Å². The molecule has 1 aromatic heterocycles. The SMILES string of the molecule is Nc1cc(-c2c(O)cc(O)cc2O)no1. The average Bonchev–Trinajstić information content (AvgIpc) is 2.49. The second kappa shape index (κ2) is 3.09. The van der Waals surface area contributed by atoms with E-state index in [2.05, 4.69) is 9.68 Å². The van der Waals surface area contributed by atoms with Gasteiger partial charge >= 0.3 is 0 Å². The van der Waals surface area contributed by atoms with Crippen molar-refractivity contribution in [1.29, 1.82) is 0 Å². The minimum absolute atomic E-state index is 0.0632. The second-order valence-electron chi connectivity index (χ2n) is 2.97. The number of nitrogens with two attached hydrogens (primary N) is 1. The van der Waals surface area contributed by atoms with Crippen LogP contribution in [0, 0.1) is 0 Å². The normalized spacial score (nSPS) is 10.4. The highest BCUT2D eigenvalue weighted by atomic mass is 16.5. The van der Waals surface area contributed by atoms with Gasteiger partial charge in [-0.25, -0.2) is 0 Å². The first-order chi connectivity index (χ1) is 7.08. The van der Waals surface area contributed by atoms with E-state index in [0.717, 1.165) is 12.1 Å². The lowest BCUT2D eigenvalue weighted by atomic mass is 10.1. The molecule has 0 aliphatic rings. The highest BCUT2D eigenvalue weighted by molar-refractivity contribution is 5.75. The van der Waals surface area contributed by atoms with Crippen LogP contribution in [0.4, 0.5) is 5.88 Å². The van der Waals surface area contributed by atoms with Gasteiger partial charge in [0.05, 0.1) is 5.56 Å². The summed E-state index contributed by atoms with van der Waals surface area (Å²) in [7, 11) is 0. The largest absolute Gasteiger partial charge is 0.508 e. The van der Waals surface area contributed by atoms with E-state index in [1.165, 1.54) is 6.07 Å². The maximum atomic E-state index is 9.49. The van der Waals surface area contributed by atoms with E-state index in [9.17, 15) is 10.2 Å². The van der Waals surface area contributed by atoms with Crippen molar-refractivity contribution in [2.24, 2.45) is 0 Å². The van der Waals surface area contributed by atoms with Crippen molar-refractivity contribution in [2.75, 3.05) is 5.73 Å². The molecule has 0 radical (unpaired) electrons. The van der Waals surface area contributed by atoms with Gasteiger partial charge < -0.3 is 25.6 Å². The van der Waals surface area contributed by atoms with Crippen LogP contribution < -0.4 is 5.73 Å². The van der Waals surface area contributed by atoms with E-state index in [4.69, 9.17) is 10.8 Å². The number of nitrogen functional groups attached to an aromatic ring is 1. The van der Waals surface area contributed by atoms with Gasteiger partial charge in [0.15, 0.2) is 0 Å². The van der Waals surface area contributed by atoms with Crippen molar-refractivity contribution in [1.82, 2.24) is 5.16 Å². The third kappa shape index (κ3) is 1.52. The number of nitrogens with zero attached hydrogens (tertiary/aromatic N) is 1. The van der Waals surface area contributed by atoms with Crippen molar-refractivity contribution in [3.05, 3.63) is 18.2 Å². The average molecular weight is 208 g/mol. The predicted molar refractivity (Wildman–Crippen MR) is 51.3 cm³/mol. The summed E-state index contributed by atoms with van der Waals surface area (Å²) in [5.74, 6) is -0.788. The maximum absolute atomic E-state index is 9.49. The van der Waals surface area contributed by atoms with Gasteiger partial charge in [-0.2, -0.15) is 0 Å². The van der Waals surface area contributed by atoms with Crippen molar-refractivity contribution >= 4 is 5.88 Å². The van der Waals surface area contributed by atoms with Crippen LogP contribution >= 0.6 is 0 Å². The van der Waals surface area contributed by atoms with Crippen LogP contribution in [0.1, 0.15) is 0 Å². The van der Waals surface area contributed by atoms with Crippen molar-refractivity contribution in [3.8, 4) is 28.5 Å². The number of anilines is 1. The first-order valence-electron chi connectivity index (χ1n) is 4.05. The fraction of sp³-hybridized carbons (Fsp3) is 0. The van der Waals surface area contributed by atoms with Gasteiger partial charge in [0, 0.05) is 18.2 Å². The Hall–Kier alpha value is -2.37. The summed E-state index contributed by atoms with van der Waals surface area (Å²) in [5, 5.41) is 31.6. The first kappa shape index (κ1) is 9.20. The van der Waals surface area contributed by atoms with E-state index >= 15 is 0 Å². The standard InChI is InChI=1S/C9H8N2O4/c10-8-3-5(11-15-8)9-6(13)1-4(12)2-7(9)14/h1-3,12-14H,10H2. The Labute approximate surface area is 84.2 Å². The number of hydrogen-bond acceptors (Lipinski definition) is 6. The number of rotatable bonds is 1. The molecule has 5 N–H and O–H groups in total. The maximum Gasteiger partial charge on any atom is 0.222 e. The van der Waals surface area contributed by atoms with E-state index in [1.54, 1.807) is 0 Å². The lowest BCUT2D eigenvalue weighted by molar-refractivity contribution is 0.423. The smallest absolute Gasteiger partial charge is 0.222 e. The van der Waals surface area contributed by atoms with Crippen molar-refractivity contribution in [2.45, 2.75) is 0 Å². The van der Waals surface area contributed by atoms with Crippen LogP contribution in [0.15, 0.2) is 22.7 Å². The van der Waals surface area contributed by atoms with Gasteiger partial charge in [0.25, 0.3) is 0 Å². The van der Waals surface area contributed by atoms with Crippen LogP contribution in [0.2, 0.25) is 0 Å². The predicted octanol–water partition coefficient (Wildman–Crippen LogP) is 1.04. The van der Waals surface area contributed by atoms with Gasteiger partial charge in [0.2, 0.25) is 5.88 Å². The zero-order valence-corrected chi connectivity index (χ0v) is 7.51. The molecule has 6 nitrogen and oxygen atoms in total. The van der Waals surface area contributed by atoms with Crippen LogP contribution in [0.25, 0.3) is 11.3 Å². The number of phenols is 3. The fourth-order valence-electron chi connectivity index (χ4n) is 1.27. The summed E-state index contributed by atoms with van der Waals surface area (Å²) in [6, 6.07) is 3.52. The Morgan fingerprint density at radius 2 is 1.67 bits per heavy atom. The summed E-state index contributed by atoms with van der Waals surface area (Å²) in [5.41, 5.74) is 5.56. The third-order valence-corrected chi connectivity index (χ3v) is 1.87. The van der Waals surface area contributed by atoms with E-state index < -0.39 is 0 Å². The molecule has 0 unspecified atom stereocenters. The highest BCUT2D eigenvalue weighted by Gasteiger charge is 2.15. The summed E-state index contributed by atoms with van der Waals surface area (Å²) >= 11 is 0. The summed E-state index contributed by atoms with van der Waals surface area (Å²) in [6.07, 6.45) is 0. The first-order valence-corrected chi connectivity index (χ1v) is 4.05. The molecular formula is C9H8N2O4. The number of hydrogen-bond donors (Lipinski definition) is 4. The summed E-state index contributed by atoms with van der Waals surface area (Å²) < 4.78 is 4.60. The van der Waals surface area contributed by atoms with Crippen LogP contribution in [-0.2, 0) is 0 Å². The molecule has 2 aromatic rings. The third-order valence-electron chi connectivity index (χ3n) is 1.87. The van der Waals surface area contributed by atoms with Crippen LogP contribution in [-0.4, -0.2) is 20.5 Å². The van der Waals surface area contributed by atoms with Gasteiger partial charge in [-0.1, -0.05) is 5.16 Å². The van der Waals surface area contributed by atoms with Gasteiger partial charge in [-0.15, -0.1) is 0 Å². The molecule has 0 saturated carbocycles. The number of aromatic hydroxyl groups is 3. The molecule has 0 atom stereocenters. The van der Waals surface area contributed by atoms with Crippen LogP contribution in [0.3, 0.4) is 0 Å². The highest BCUT2D eigenvalue weighted by Crippen LogP contribution is 2.39. The molecule has 6 heteroatoms. The lowest BCUT2D eigenvalue weighted by Gasteiger charge is -2.04. The molecule has 1 heterocycles. The zero-order valence-electron chi connectivity index (χ0n) is 7.51. The molecule has 0 aliphatic heterocycles. The Morgan fingerprint density at radius 3 is 2.13 bits per heavy atom. The Kier molecular flexibility index (Phi) is 1.89. The molecule has 0 bridgehead atoms. The molecule has 0 amide bonds. The molecule has 0 fully saturated rings. The Morgan fingerprint density at radius 1 is 1.07 bits per heavy atom. The summed E-state index contributed by atoms with van der Waals surface area (Å²) in [4.78, 5) is 0. The number of aromatic nitrogens is 1. The van der Waals surface area contributed by atoms with E-state index in [1.807, 2.05) is 0 Å². The molecule has 0 spiro atoms. The molecule has 2 rings (SSSR count). The van der Waals surface area contributed by atoms with Crippen LogP contribution in [0.5, 0.6) is 17.2 Å². The van der Waals surface area contributed by atoms with Crippen molar-refractivity contribution < 1.29 is 19.8 Å². The van der Waals surface area contributed by atoms with E-state index in [0.29, 0.717) is 0 Å². The van der Waals surface area contributed by atoms with Crippen molar-refractivity contribution in [3.63, 3.8) is 0 Å². The molecule has 0 saturated heterocycles. The topological polar surface area (TPSA) is 113 Å². The Balaban J connectivity index is 2.62. The lowest BCUT2D eigenvalue weighted by Crippen LogP contribution is -1.81. The van der Waals surface area contributed by atoms with Gasteiger partial charge in [-0.3, -0.25) is 0 Å². The quantitative estimate of drug-likeness (QED) is 0.557. The Bertz CT molecular complexity index is 484. The summed E-state index contributed by atoms with van der Waals surface area (Å²) in [6.45, 7) is 0. The molecule has 15 heavy (non-hydrogen) atoms. The minimum atomic E-state index is -0.305. The van der Waals surface area contributed by atoms with Gasteiger partial charge in [0.1, 0.15) is 22.9 Å². The zero-order chi connectivity index (χ0) is 11.0. The molecule has 78 valence electrons. The molecule has 0 aliphatic carbocycles.